The predicted octanol–water partition coefficient (Wildman–Crippen LogP) is 4.71. The van der Waals surface area contributed by atoms with Gasteiger partial charge >= 0.3 is 5.97 Å². The molecule has 4 aromatic rings. The third-order valence-corrected chi connectivity index (χ3v) is 8.69. The van der Waals surface area contributed by atoms with E-state index >= 15 is 0 Å². The minimum Gasteiger partial charge on any atom is -0.508 e. The molecule has 0 unspecified atom stereocenters. The van der Waals surface area contributed by atoms with E-state index in [9.17, 15) is 33.0 Å². The summed E-state index contributed by atoms with van der Waals surface area (Å²) >= 11 is 0. The van der Waals surface area contributed by atoms with Gasteiger partial charge in [0, 0.05) is 17.3 Å². The second kappa shape index (κ2) is 12.2. The van der Waals surface area contributed by atoms with E-state index in [0.29, 0.717) is 5.69 Å². The zero-order valence-corrected chi connectivity index (χ0v) is 25.3. The topological polar surface area (TPSA) is 171 Å². The number of amides is 1. The summed E-state index contributed by atoms with van der Waals surface area (Å²) in [6, 6.07) is 20.4. The molecule has 0 saturated carbocycles. The van der Waals surface area contributed by atoms with Crippen molar-refractivity contribution in [1.29, 1.82) is 0 Å². The van der Waals surface area contributed by atoms with Gasteiger partial charge in [-0.3, -0.25) is 9.59 Å². The number of carbonyl (C=O) groups is 3. The fraction of sp³-hybridized carbons (Fsp3) is 0.152. The third-order valence-electron chi connectivity index (χ3n) is 7.46. The van der Waals surface area contributed by atoms with Crippen molar-refractivity contribution in [2.24, 2.45) is 11.0 Å². The summed E-state index contributed by atoms with van der Waals surface area (Å²) in [6.45, 7) is 5.51. The van der Waals surface area contributed by atoms with Gasteiger partial charge in [-0.2, -0.15) is 18.4 Å². The molecule has 5 rings (SSSR count). The number of aryl methyl sites for hydroxylation is 3. The molecule has 0 aromatic heterocycles. The van der Waals surface area contributed by atoms with Crippen molar-refractivity contribution in [3.05, 3.63) is 118 Å². The highest BCUT2D eigenvalue weighted by Crippen LogP contribution is 2.40. The average molecular weight is 628 g/mol. The molecular formula is C33H29N3O8S. The van der Waals surface area contributed by atoms with E-state index in [2.05, 4.69) is 15.2 Å². The van der Waals surface area contributed by atoms with Crippen molar-refractivity contribution in [3.8, 4) is 11.5 Å². The number of fused-ring (bicyclic) bond motifs is 1. The number of Topliss-reactive ketones (excluding diaryl/α,β-unsaturated/α-hetero) is 1. The number of sulfonamides is 1. The molecular weight excluding hydrogens is 598 g/mol. The number of aromatic hydroxyl groups is 2. The first-order valence-corrected chi connectivity index (χ1v) is 15.2. The van der Waals surface area contributed by atoms with Crippen LogP contribution in [0.5, 0.6) is 11.5 Å². The molecule has 1 heterocycles. The zero-order chi connectivity index (χ0) is 32.5. The minimum atomic E-state index is -4.34. The largest absolute Gasteiger partial charge is 0.508 e. The fourth-order valence-electron chi connectivity index (χ4n) is 4.88. The monoisotopic (exact) mass is 627 g/mol. The second-order valence-electron chi connectivity index (χ2n) is 10.6. The van der Waals surface area contributed by atoms with Gasteiger partial charge in [-0.15, -0.1) is 0 Å². The molecule has 45 heavy (non-hydrogen) atoms. The van der Waals surface area contributed by atoms with Crippen molar-refractivity contribution in [2.75, 3.05) is 5.32 Å². The fourth-order valence-corrected chi connectivity index (χ4v) is 5.70. The first-order chi connectivity index (χ1) is 21.4. The number of ketones is 1. The Morgan fingerprint density at radius 3 is 2.29 bits per heavy atom. The van der Waals surface area contributed by atoms with Crippen molar-refractivity contribution in [3.63, 3.8) is 0 Å². The lowest BCUT2D eigenvalue weighted by molar-refractivity contribution is -0.110. The Hall–Kier alpha value is -5.49. The van der Waals surface area contributed by atoms with E-state index < -0.39 is 51.2 Å². The van der Waals surface area contributed by atoms with Gasteiger partial charge in [0.1, 0.15) is 29.2 Å². The average Bonchev–Trinajstić information content (AvgIpc) is 3.32. The van der Waals surface area contributed by atoms with Gasteiger partial charge in [-0.25, -0.2) is 4.79 Å². The summed E-state index contributed by atoms with van der Waals surface area (Å²) in [4.78, 5) is 43.0. The first kappa shape index (κ1) is 31.0. The predicted molar refractivity (Wildman–Crippen MR) is 166 cm³/mol. The third kappa shape index (κ3) is 6.41. The zero-order valence-electron chi connectivity index (χ0n) is 24.4. The molecule has 1 aliphatic heterocycles. The molecule has 12 heteroatoms. The van der Waals surface area contributed by atoms with Gasteiger partial charge in [-0.05, 0) is 74.4 Å². The standard InChI is InChI=1S/C33H29N3O8S/c1-18-8-13-23(14-9-18)45(42,43)36-35-29(32(40)34-21-11-10-19(2)20(3)16-21)28(30(39)26-15-12-22(37)17-27(26)38)31-24-6-4-5-7-25(24)33(41)44-31/h4-17,28,31,36-38H,1-3H3,(H,34,40)/b35-29+/t28-,31-/m0/s1. The summed E-state index contributed by atoms with van der Waals surface area (Å²) in [7, 11) is -4.34. The maximum atomic E-state index is 14.2. The number of cyclic esters (lactones) is 1. The summed E-state index contributed by atoms with van der Waals surface area (Å²) < 4.78 is 32.1. The first-order valence-electron chi connectivity index (χ1n) is 13.8. The van der Waals surface area contributed by atoms with E-state index in [1.54, 1.807) is 49.4 Å². The summed E-state index contributed by atoms with van der Waals surface area (Å²) in [5, 5.41) is 27.1. The maximum absolute atomic E-state index is 14.2. The van der Waals surface area contributed by atoms with Crippen molar-refractivity contribution in [2.45, 2.75) is 31.8 Å². The normalized spacial score (nSPS) is 15.1. The maximum Gasteiger partial charge on any atom is 0.339 e. The molecule has 2 atom stereocenters. The van der Waals surface area contributed by atoms with E-state index in [4.69, 9.17) is 4.74 Å². The number of hydrazone groups is 1. The van der Waals surface area contributed by atoms with E-state index in [1.165, 1.54) is 24.3 Å². The Kier molecular flexibility index (Phi) is 8.42. The number of carbonyl (C=O) groups excluding carboxylic acids is 3. The molecule has 1 aliphatic rings. The van der Waals surface area contributed by atoms with E-state index in [-0.39, 0.29) is 27.3 Å². The Morgan fingerprint density at radius 1 is 0.889 bits per heavy atom. The van der Waals surface area contributed by atoms with Crippen LogP contribution >= 0.6 is 0 Å². The molecule has 230 valence electrons. The number of ether oxygens (including phenoxy) is 1. The lowest BCUT2D eigenvalue weighted by Gasteiger charge is -2.24. The van der Waals surface area contributed by atoms with Crippen LogP contribution in [0.1, 0.15) is 49.1 Å². The number of phenolic OH excluding ortho intramolecular Hbond substituents is 2. The lowest BCUT2D eigenvalue weighted by Crippen LogP contribution is -2.40. The quantitative estimate of drug-likeness (QED) is 0.0895. The van der Waals surface area contributed by atoms with Crippen LogP contribution in [-0.2, 0) is 19.6 Å². The number of nitrogens with one attached hydrogen (secondary N) is 2. The number of hydrogen-bond acceptors (Lipinski definition) is 9. The van der Waals surface area contributed by atoms with Gasteiger partial charge in [-0.1, -0.05) is 42.0 Å². The molecule has 4 aromatic carbocycles. The van der Waals surface area contributed by atoms with Crippen LogP contribution in [0, 0.1) is 26.7 Å². The van der Waals surface area contributed by atoms with Crippen LogP contribution in [0.3, 0.4) is 0 Å². The number of rotatable bonds is 9. The van der Waals surface area contributed by atoms with Gasteiger partial charge in [0.15, 0.2) is 5.78 Å². The van der Waals surface area contributed by atoms with Crippen molar-refractivity contribution in [1.82, 2.24) is 4.83 Å². The number of phenols is 2. The highest BCUT2D eigenvalue weighted by Gasteiger charge is 2.46. The van der Waals surface area contributed by atoms with Crippen LogP contribution in [0.4, 0.5) is 5.69 Å². The van der Waals surface area contributed by atoms with E-state index in [1.807, 2.05) is 13.8 Å². The Labute approximate surface area is 259 Å². The van der Waals surface area contributed by atoms with Crippen LogP contribution < -0.4 is 10.1 Å². The molecule has 1 amide bonds. The number of anilines is 1. The Bertz CT molecular complexity index is 1970. The molecule has 0 saturated heterocycles. The van der Waals surface area contributed by atoms with Crippen molar-refractivity contribution < 1.29 is 37.8 Å². The second-order valence-corrected chi connectivity index (χ2v) is 12.3. The van der Waals surface area contributed by atoms with Crippen LogP contribution in [-0.4, -0.2) is 42.0 Å². The lowest BCUT2D eigenvalue weighted by atomic mass is 9.83. The Balaban J connectivity index is 1.67. The highest BCUT2D eigenvalue weighted by atomic mass is 32.2. The number of nitrogens with zero attached hydrogens (tertiary/aromatic N) is 1. The van der Waals surface area contributed by atoms with Gasteiger partial charge in [0.25, 0.3) is 15.9 Å². The molecule has 0 radical (unpaired) electrons. The summed E-state index contributed by atoms with van der Waals surface area (Å²) in [6.07, 6.45) is -1.43. The van der Waals surface area contributed by atoms with Gasteiger partial charge in [0.05, 0.1) is 16.0 Å². The molecule has 11 nitrogen and oxygen atoms in total. The smallest absolute Gasteiger partial charge is 0.339 e. The summed E-state index contributed by atoms with van der Waals surface area (Å²) in [5.41, 5.74) is 2.38. The molecule has 0 aliphatic carbocycles. The molecule has 0 bridgehead atoms. The highest BCUT2D eigenvalue weighted by molar-refractivity contribution is 7.89. The molecule has 0 fully saturated rings. The Morgan fingerprint density at radius 2 is 1.60 bits per heavy atom. The van der Waals surface area contributed by atoms with E-state index in [0.717, 1.165) is 34.9 Å². The van der Waals surface area contributed by atoms with Gasteiger partial charge in [0.2, 0.25) is 0 Å². The van der Waals surface area contributed by atoms with Gasteiger partial charge < -0.3 is 20.3 Å². The SMILES string of the molecule is Cc1ccc(S(=O)(=O)N/N=C(/C(=O)Nc2ccc(C)c(C)c2)[C@@H](C(=O)c2ccc(O)cc2O)[C@H]2OC(=O)c3ccccc32)cc1. The molecule has 4 N–H and O–H groups in total. The van der Waals surface area contributed by atoms with Crippen LogP contribution in [0.25, 0.3) is 0 Å². The number of esters is 1. The number of benzene rings is 4. The number of hydrogen-bond donors (Lipinski definition) is 4. The van der Waals surface area contributed by atoms with Crippen molar-refractivity contribution >= 4 is 39.1 Å². The summed E-state index contributed by atoms with van der Waals surface area (Å²) in [5.74, 6) is -5.35. The van der Waals surface area contributed by atoms with Crippen LogP contribution in [0.15, 0.2) is 94.9 Å². The molecule has 0 spiro atoms. The minimum absolute atomic E-state index is 0.143. The van der Waals surface area contributed by atoms with Crippen LogP contribution in [0.2, 0.25) is 0 Å².